The van der Waals surface area contributed by atoms with E-state index in [1.807, 2.05) is 0 Å². The van der Waals surface area contributed by atoms with Gasteiger partial charge in [-0.1, -0.05) is 32.6 Å². The minimum Gasteiger partial charge on any atom is -0.369 e. The Balaban J connectivity index is 1.73. The van der Waals surface area contributed by atoms with Gasteiger partial charge in [-0.2, -0.15) is 0 Å². The van der Waals surface area contributed by atoms with Crippen LogP contribution in [0.4, 0.5) is 5.82 Å². The molecule has 0 aliphatic heterocycles. The van der Waals surface area contributed by atoms with Crippen LogP contribution < -0.4 is 5.32 Å². The Bertz CT molecular complexity index is 572. The average molecular weight is 303 g/mol. The lowest BCUT2D eigenvalue weighted by Gasteiger charge is -2.22. The predicted octanol–water partition coefficient (Wildman–Crippen LogP) is 5.03. The highest BCUT2D eigenvalue weighted by Crippen LogP contribution is 2.28. The van der Waals surface area contributed by atoms with Crippen molar-refractivity contribution in [3.63, 3.8) is 0 Å². The van der Waals surface area contributed by atoms with Gasteiger partial charge in [-0.05, 0) is 36.6 Å². The van der Waals surface area contributed by atoms with Crippen LogP contribution >= 0.6 is 11.3 Å². The van der Waals surface area contributed by atoms with Gasteiger partial charge in [0.2, 0.25) is 0 Å². The molecule has 114 valence electrons. The second-order valence-electron chi connectivity index (χ2n) is 6.12. The van der Waals surface area contributed by atoms with Crippen LogP contribution in [0.3, 0.4) is 0 Å². The first-order valence-electron chi connectivity index (χ1n) is 8.35. The van der Waals surface area contributed by atoms with Crippen LogP contribution in [-0.4, -0.2) is 16.5 Å². The first-order valence-corrected chi connectivity index (χ1v) is 9.22. The molecule has 1 N–H and O–H groups in total. The third-order valence-corrected chi connectivity index (χ3v) is 5.21. The van der Waals surface area contributed by atoms with Gasteiger partial charge >= 0.3 is 0 Å². The summed E-state index contributed by atoms with van der Waals surface area (Å²) in [6.45, 7) is 3.28. The van der Waals surface area contributed by atoms with Crippen LogP contribution in [-0.2, 0) is 6.42 Å². The summed E-state index contributed by atoms with van der Waals surface area (Å²) in [4.78, 5) is 10.6. The number of rotatable bonds is 6. The van der Waals surface area contributed by atoms with Gasteiger partial charge in [0.25, 0.3) is 0 Å². The van der Waals surface area contributed by atoms with E-state index in [0.717, 1.165) is 35.4 Å². The summed E-state index contributed by atoms with van der Waals surface area (Å²) in [5, 5.41) is 6.93. The molecule has 3 nitrogen and oxygen atoms in total. The number of nitrogens with zero attached hydrogens (tertiary/aromatic N) is 2. The maximum Gasteiger partial charge on any atom is 0.138 e. The maximum atomic E-state index is 4.78. The fourth-order valence-electron chi connectivity index (χ4n) is 3.11. The zero-order valence-electron chi connectivity index (χ0n) is 12.9. The van der Waals surface area contributed by atoms with Crippen LogP contribution in [0.25, 0.3) is 10.2 Å². The van der Waals surface area contributed by atoms with E-state index in [1.165, 1.54) is 50.3 Å². The van der Waals surface area contributed by atoms with E-state index < -0.39 is 0 Å². The van der Waals surface area contributed by atoms with Crippen molar-refractivity contribution >= 4 is 27.4 Å². The Hall–Kier alpha value is -1.16. The molecule has 1 aliphatic rings. The van der Waals surface area contributed by atoms with Gasteiger partial charge in [-0.25, -0.2) is 9.97 Å². The van der Waals surface area contributed by atoms with Crippen molar-refractivity contribution in [3.05, 3.63) is 17.3 Å². The standard InChI is InChI=1S/C17H25N3S/c1-2-3-9-15-19-16(14-10-11-21-17(14)20-15)18-12-13-7-5-4-6-8-13/h10-11,13H,2-9,12H2,1H3,(H,18,19,20). The molecule has 0 radical (unpaired) electrons. The Morgan fingerprint density at radius 3 is 2.90 bits per heavy atom. The highest BCUT2D eigenvalue weighted by atomic mass is 32.1. The number of anilines is 1. The first-order chi connectivity index (χ1) is 10.4. The number of hydrogen-bond donors (Lipinski definition) is 1. The Morgan fingerprint density at radius 1 is 1.24 bits per heavy atom. The molecule has 1 aliphatic carbocycles. The molecule has 2 aromatic heterocycles. The van der Waals surface area contributed by atoms with Crippen molar-refractivity contribution in [1.29, 1.82) is 0 Å². The molecule has 0 unspecified atom stereocenters. The van der Waals surface area contributed by atoms with Gasteiger partial charge < -0.3 is 5.32 Å². The molecule has 4 heteroatoms. The summed E-state index contributed by atoms with van der Waals surface area (Å²) in [7, 11) is 0. The van der Waals surface area contributed by atoms with E-state index in [9.17, 15) is 0 Å². The van der Waals surface area contributed by atoms with Crippen molar-refractivity contribution < 1.29 is 0 Å². The lowest BCUT2D eigenvalue weighted by atomic mass is 9.89. The number of nitrogens with one attached hydrogen (secondary N) is 1. The first kappa shape index (κ1) is 14.8. The van der Waals surface area contributed by atoms with Gasteiger partial charge in [0.05, 0.1) is 5.39 Å². The van der Waals surface area contributed by atoms with E-state index >= 15 is 0 Å². The fourth-order valence-corrected chi connectivity index (χ4v) is 3.90. The average Bonchev–Trinajstić information content (AvgIpc) is 3.00. The monoisotopic (exact) mass is 303 g/mol. The van der Waals surface area contributed by atoms with E-state index in [4.69, 9.17) is 9.97 Å². The molecule has 2 heterocycles. The smallest absolute Gasteiger partial charge is 0.138 e. The van der Waals surface area contributed by atoms with Crippen LogP contribution in [0.5, 0.6) is 0 Å². The molecule has 1 fully saturated rings. The molecule has 0 bridgehead atoms. The van der Waals surface area contributed by atoms with E-state index in [-0.39, 0.29) is 0 Å². The Morgan fingerprint density at radius 2 is 2.10 bits per heavy atom. The maximum absolute atomic E-state index is 4.78. The molecule has 0 spiro atoms. The van der Waals surface area contributed by atoms with Crippen molar-refractivity contribution in [3.8, 4) is 0 Å². The quantitative estimate of drug-likeness (QED) is 0.813. The number of thiophene rings is 1. The van der Waals surface area contributed by atoms with Gasteiger partial charge in [0.15, 0.2) is 0 Å². The van der Waals surface area contributed by atoms with Crippen LogP contribution in [0.2, 0.25) is 0 Å². The molecular formula is C17H25N3S. The normalized spacial score (nSPS) is 16.4. The van der Waals surface area contributed by atoms with E-state index in [1.54, 1.807) is 11.3 Å². The van der Waals surface area contributed by atoms with Crippen LogP contribution in [0.1, 0.15) is 57.7 Å². The number of unbranched alkanes of at least 4 members (excludes halogenated alkanes) is 1. The Kier molecular flexibility index (Phi) is 5.07. The molecule has 21 heavy (non-hydrogen) atoms. The third kappa shape index (κ3) is 3.73. The Labute approximate surface area is 131 Å². The minimum absolute atomic E-state index is 0.821. The highest BCUT2D eigenvalue weighted by Gasteiger charge is 2.15. The summed E-state index contributed by atoms with van der Waals surface area (Å²) in [5.41, 5.74) is 0. The summed E-state index contributed by atoms with van der Waals surface area (Å²) in [5.74, 6) is 2.87. The molecule has 0 atom stereocenters. The largest absolute Gasteiger partial charge is 0.369 e. The van der Waals surface area contributed by atoms with Crippen molar-refractivity contribution in [2.45, 2.75) is 58.3 Å². The molecule has 0 saturated heterocycles. The van der Waals surface area contributed by atoms with Crippen molar-refractivity contribution in [2.75, 3.05) is 11.9 Å². The molecule has 2 aromatic rings. The minimum atomic E-state index is 0.821. The highest BCUT2D eigenvalue weighted by molar-refractivity contribution is 7.16. The summed E-state index contributed by atoms with van der Waals surface area (Å²) in [6, 6.07) is 2.15. The number of aromatic nitrogens is 2. The number of aryl methyl sites for hydroxylation is 1. The SMILES string of the molecule is CCCCc1nc(NCC2CCCCC2)c2ccsc2n1. The van der Waals surface area contributed by atoms with Gasteiger partial charge in [-0.3, -0.25) is 0 Å². The van der Waals surface area contributed by atoms with Gasteiger partial charge in [-0.15, -0.1) is 11.3 Å². The summed E-state index contributed by atoms with van der Waals surface area (Å²) in [6.07, 6.45) is 10.3. The van der Waals surface area contributed by atoms with E-state index in [0.29, 0.717) is 0 Å². The van der Waals surface area contributed by atoms with Crippen LogP contribution in [0, 0.1) is 5.92 Å². The molecule has 1 saturated carbocycles. The van der Waals surface area contributed by atoms with E-state index in [2.05, 4.69) is 23.7 Å². The fraction of sp³-hybridized carbons (Fsp3) is 0.647. The van der Waals surface area contributed by atoms with Crippen molar-refractivity contribution in [1.82, 2.24) is 9.97 Å². The molecule has 0 aromatic carbocycles. The molecule has 3 rings (SSSR count). The summed E-state index contributed by atoms with van der Waals surface area (Å²) < 4.78 is 0. The number of fused-ring (bicyclic) bond motifs is 1. The van der Waals surface area contributed by atoms with Gasteiger partial charge in [0, 0.05) is 13.0 Å². The second-order valence-corrected chi connectivity index (χ2v) is 7.01. The molecular weight excluding hydrogens is 278 g/mol. The lowest BCUT2D eigenvalue weighted by Crippen LogP contribution is -2.18. The van der Waals surface area contributed by atoms with Gasteiger partial charge in [0.1, 0.15) is 16.5 Å². The zero-order valence-corrected chi connectivity index (χ0v) is 13.7. The lowest BCUT2D eigenvalue weighted by molar-refractivity contribution is 0.373. The predicted molar refractivity (Wildman–Crippen MR) is 91.1 cm³/mol. The zero-order chi connectivity index (χ0) is 14.5. The second kappa shape index (κ2) is 7.21. The topological polar surface area (TPSA) is 37.8 Å². The number of hydrogen-bond acceptors (Lipinski definition) is 4. The third-order valence-electron chi connectivity index (χ3n) is 4.41. The van der Waals surface area contributed by atoms with Crippen molar-refractivity contribution in [2.24, 2.45) is 5.92 Å². The molecule has 0 amide bonds. The summed E-state index contributed by atoms with van der Waals surface area (Å²) >= 11 is 1.72. The van der Waals surface area contributed by atoms with Crippen LogP contribution in [0.15, 0.2) is 11.4 Å².